The zero-order valence-electron chi connectivity index (χ0n) is 18.4. The molecule has 1 fully saturated rings. The highest BCUT2D eigenvalue weighted by atomic mass is 28.5. The summed E-state index contributed by atoms with van der Waals surface area (Å²) in [6, 6.07) is 3.39. The Morgan fingerprint density at radius 3 is 1.83 bits per heavy atom. The zero-order valence-corrected chi connectivity index (χ0v) is 21.4. The van der Waals surface area contributed by atoms with Gasteiger partial charge in [-0.05, 0) is 76.9 Å². The summed E-state index contributed by atoms with van der Waals surface area (Å²) >= 11 is 0. The fourth-order valence-electron chi connectivity index (χ4n) is 3.67. The third-order valence-corrected chi connectivity index (χ3v) is 13.9. The van der Waals surface area contributed by atoms with Crippen molar-refractivity contribution in [1.29, 1.82) is 0 Å². The summed E-state index contributed by atoms with van der Waals surface area (Å²) in [5.74, 6) is -0.233. The predicted molar refractivity (Wildman–Crippen MR) is 117 cm³/mol. The number of amides is 1. The predicted octanol–water partition coefficient (Wildman–Crippen LogP) is 4.92. The normalized spacial score (nSPS) is 16.4. The standard InChI is InChI=1S/C19H32F3NO3Si3/c1-27(2,3)25-29(7,26-28(4,5)6)17-14-15(19(20,21)22)10-11-16(17)18(24)23-12-8-9-13-23/h10-11,14H,8-9,12-13H2,1-7H3. The molecular weight excluding hydrogens is 431 g/mol. The molecule has 2 rings (SSSR count). The monoisotopic (exact) mass is 463 g/mol. The van der Waals surface area contributed by atoms with E-state index in [9.17, 15) is 18.0 Å². The fraction of sp³-hybridized carbons (Fsp3) is 0.632. The van der Waals surface area contributed by atoms with E-state index in [4.69, 9.17) is 8.23 Å². The van der Waals surface area contributed by atoms with Crippen LogP contribution in [0.2, 0.25) is 45.8 Å². The maximum absolute atomic E-state index is 13.5. The average Bonchev–Trinajstić information content (AvgIpc) is 3.03. The topological polar surface area (TPSA) is 38.8 Å². The Morgan fingerprint density at radius 1 is 0.931 bits per heavy atom. The van der Waals surface area contributed by atoms with Crippen LogP contribution in [0.15, 0.2) is 18.2 Å². The number of likely N-dealkylation sites (tertiary alicyclic amines) is 1. The van der Waals surface area contributed by atoms with Crippen molar-refractivity contribution in [3.05, 3.63) is 29.3 Å². The highest BCUT2D eigenvalue weighted by Crippen LogP contribution is 2.31. The minimum absolute atomic E-state index is 0.233. The van der Waals surface area contributed by atoms with Crippen molar-refractivity contribution in [2.45, 2.75) is 64.8 Å². The second-order valence-electron chi connectivity index (χ2n) is 9.63. The van der Waals surface area contributed by atoms with Gasteiger partial charge in [0.1, 0.15) is 0 Å². The molecule has 0 radical (unpaired) electrons. The van der Waals surface area contributed by atoms with Gasteiger partial charge >= 0.3 is 14.7 Å². The highest BCUT2D eigenvalue weighted by molar-refractivity contribution is 6.94. The Hall–Kier alpha value is -0.949. The first kappa shape index (κ1) is 24.3. The van der Waals surface area contributed by atoms with E-state index >= 15 is 0 Å². The van der Waals surface area contributed by atoms with Crippen molar-refractivity contribution < 1.29 is 26.2 Å². The number of hydrogen-bond acceptors (Lipinski definition) is 3. The van der Waals surface area contributed by atoms with Crippen molar-refractivity contribution in [1.82, 2.24) is 4.90 Å². The molecule has 0 aromatic heterocycles. The Labute approximate surface area is 174 Å². The summed E-state index contributed by atoms with van der Waals surface area (Å²) in [6.45, 7) is 15.0. The van der Waals surface area contributed by atoms with E-state index in [-0.39, 0.29) is 11.5 Å². The van der Waals surface area contributed by atoms with Gasteiger partial charge < -0.3 is 13.1 Å². The van der Waals surface area contributed by atoms with Crippen molar-refractivity contribution in [2.24, 2.45) is 0 Å². The van der Waals surface area contributed by atoms with Crippen LogP contribution in [0.3, 0.4) is 0 Å². The van der Waals surface area contributed by atoms with Gasteiger partial charge in [0.15, 0.2) is 16.6 Å². The Kier molecular flexibility index (Phi) is 6.95. The molecule has 1 aromatic carbocycles. The fourth-order valence-corrected chi connectivity index (χ4v) is 15.5. The molecule has 0 N–H and O–H groups in total. The lowest BCUT2D eigenvalue weighted by Gasteiger charge is -2.39. The molecule has 0 saturated carbocycles. The van der Waals surface area contributed by atoms with E-state index in [0.717, 1.165) is 25.0 Å². The number of benzene rings is 1. The van der Waals surface area contributed by atoms with Gasteiger partial charge in [-0.25, -0.2) is 0 Å². The average molecular weight is 464 g/mol. The molecule has 1 aliphatic heterocycles. The highest BCUT2D eigenvalue weighted by Gasteiger charge is 2.46. The molecule has 1 aliphatic rings. The first-order chi connectivity index (χ1) is 13.0. The summed E-state index contributed by atoms with van der Waals surface area (Å²) < 4.78 is 53.5. The molecule has 0 aliphatic carbocycles. The van der Waals surface area contributed by atoms with Gasteiger partial charge in [-0.15, -0.1) is 0 Å². The van der Waals surface area contributed by atoms with Gasteiger partial charge in [0.05, 0.1) is 5.56 Å². The molecule has 4 nitrogen and oxygen atoms in total. The Balaban J connectivity index is 2.68. The molecule has 0 atom stereocenters. The van der Waals surface area contributed by atoms with Gasteiger partial charge in [-0.3, -0.25) is 4.79 Å². The molecule has 1 saturated heterocycles. The summed E-state index contributed by atoms with van der Waals surface area (Å²) in [5.41, 5.74) is -0.492. The minimum Gasteiger partial charge on any atom is -0.433 e. The quantitative estimate of drug-likeness (QED) is 0.562. The van der Waals surface area contributed by atoms with Gasteiger partial charge in [0, 0.05) is 23.8 Å². The minimum atomic E-state index is -4.50. The lowest BCUT2D eigenvalue weighted by Crippen LogP contribution is -2.62. The molecule has 1 heterocycles. The van der Waals surface area contributed by atoms with E-state index in [1.54, 1.807) is 11.4 Å². The maximum atomic E-state index is 13.5. The van der Waals surface area contributed by atoms with Gasteiger partial charge in [0.2, 0.25) is 0 Å². The molecule has 1 amide bonds. The Bertz CT molecular complexity index is 736. The second-order valence-corrected chi connectivity index (χ2v) is 22.1. The van der Waals surface area contributed by atoms with Crippen molar-refractivity contribution >= 4 is 36.3 Å². The van der Waals surface area contributed by atoms with Crippen LogP contribution < -0.4 is 5.19 Å². The van der Waals surface area contributed by atoms with Crippen LogP contribution >= 0.6 is 0 Å². The first-order valence-electron chi connectivity index (χ1n) is 9.93. The Morgan fingerprint density at radius 2 is 1.41 bits per heavy atom. The van der Waals surface area contributed by atoms with Crippen molar-refractivity contribution in [3.63, 3.8) is 0 Å². The third kappa shape index (κ3) is 6.51. The number of carbonyl (C=O) groups excluding carboxylic acids is 1. The van der Waals surface area contributed by atoms with Gasteiger partial charge in [-0.1, -0.05) is 0 Å². The van der Waals surface area contributed by atoms with Gasteiger partial charge in [-0.2, -0.15) is 13.2 Å². The van der Waals surface area contributed by atoms with Crippen molar-refractivity contribution in [3.8, 4) is 0 Å². The lowest BCUT2D eigenvalue weighted by molar-refractivity contribution is -0.137. The summed E-state index contributed by atoms with van der Waals surface area (Å²) in [7, 11) is -7.64. The number of carbonyl (C=O) groups is 1. The number of halogens is 3. The van der Waals surface area contributed by atoms with E-state index in [0.29, 0.717) is 18.3 Å². The second kappa shape index (κ2) is 8.29. The molecular formula is C19H32F3NO3Si3. The van der Waals surface area contributed by atoms with Crippen molar-refractivity contribution in [2.75, 3.05) is 13.1 Å². The van der Waals surface area contributed by atoms with E-state index in [2.05, 4.69) is 0 Å². The lowest BCUT2D eigenvalue weighted by atomic mass is 10.1. The molecule has 29 heavy (non-hydrogen) atoms. The summed E-state index contributed by atoms with van der Waals surface area (Å²) in [4.78, 5) is 14.9. The first-order valence-corrected chi connectivity index (χ1v) is 19.1. The summed E-state index contributed by atoms with van der Waals surface area (Å²) in [6.07, 6.45) is -2.68. The molecule has 10 heteroatoms. The molecule has 1 aromatic rings. The van der Waals surface area contributed by atoms with E-state index in [1.165, 1.54) is 6.07 Å². The number of nitrogens with zero attached hydrogens (tertiary/aromatic N) is 1. The van der Waals surface area contributed by atoms with Crippen LogP contribution in [-0.4, -0.2) is 49.1 Å². The molecule has 164 valence electrons. The largest absolute Gasteiger partial charge is 0.433 e. The van der Waals surface area contributed by atoms with E-state index < -0.39 is 36.9 Å². The number of hydrogen-bond donors (Lipinski definition) is 0. The van der Waals surface area contributed by atoms with E-state index in [1.807, 2.05) is 39.3 Å². The van der Waals surface area contributed by atoms with Crippen LogP contribution in [0.25, 0.3) is 0 Å². The molecule has 0 spiro atoms. The number of rotatable bonds is 6. The zero-order chi connectivity index (χ0) is 22.3. The molecule has 0 unspecified atom stereocenters. The smallest absolute Gasteiger partial charge is 0.416 e. The van der Waals surface area contributed by atoms with Crippen LogP contribution in [0.1, 0.15) is 28.8 Å². The van der Waals surface area contributed by atoms with Crippen LogP contribution in [-0.2, 0) is 14.4 Å². The summed E-state index contributed by atoms with van der Waals surface area (Å²) in [5, 5.41) is 0.300. The maximum Gasteiger partial charge on any atom is 0.416 e. The van der Waals surface area contributed by atoms with Crippen LogP contribution in [0.4, 0.5) is 13.2 Å². The van der Waals surface area contributed by atoms with Crippen LogP contribution in [0, 0.1) is 0 Å². The number of alkyl halides is 3. The van der Waals surface area contributed by atoms with Crippen LogP contribution in [0.5, 0.6) is 0 Å². The SMILES string of the molecule is C[Si](C)(C)O[Si](C)(O[Si](C)(C)C)c1cc(C(F)(F)F)ccc1C(=O)N1CCCC1. The van der Waals surface area contributed by atoms with Gasteiger partial charge in [0.25, 0.3) is 5.91 Å². The molecule has 0 bridgehead atoms. The third-order valence-electron chi connectivity index (χ3n) is 4.46.